The second-order valence-corrected chi connectivity index (χ2v) is 7.27. The van der Waals surface area contributed by atoms with Crippen molar-refractivity contribution in [3.05, 3.63) is 54.0 Å². The molecule has 0 saturated heterocycles. The van der Waals surface area contributed by atoms with Crippen LogP contribution in [-0.2, 0) is 0 Å². The summed E-state index contributed by atoms with van der Waals surface area (Å²) in [6.07, 6.45) is 8.21. The molecule has 9 nitrogen and oxygen atoms in total. The molecule has 0 atom stereocenters. The van der Waals surface area contributed by atoms with Gasteiger partial charge in [-0.3, -0.25) is 4.79 Å². The lowest BCUT2D eigenvalue weighted by Crippen LogP contribution is -2.29. The third kappa shape index (κ3) is 5.11. The molecule has 30 heavy (non-hydrogen) atoms. The fraction of sp³-hybridized carbons (Fsp3) is 0.381. The van der Waals surface area contributed by atoms with E-state index in [9.17, 15) is 4.79 Å². The summed E-state index contributed by atoms with van der Waals surface area (Å²) in [5, 5.41) is 18.6. The molecule has 1 aliphatic rings. The van der Waals surface area contributed by atoms with Gasteiger partial charge in [-0.1, -0.05) is 0 Å². The van der Waals surface area contributed by atoms with Crippen molar-refractivity contribution in [2.45, 2.75) is 38.7 Å². The van der Waals surface area contributed by atoms with E-state index in [0.717, 1.165) is 18.5 Å². The first-order valence-electron chi connectivity index (χ1n) is 10.2. The first kappa shape index (κ1) is 19.8. The summed E-state index contributed by atoms with van der Waals surface area (Å²) in [6, 6.07) is 9.06. The monoisotopic (exact) mass is 407 g/mol. The Labute approximate surface area is 174 Å². The summed E-state index contributed by atoms with van der Waals surface area (Å²) >= 11 is 0. The molecule has 0 aromatic carbocycles. The van der Waals surface area contributed by atoms with Gasteiger partial charge in [-0.2, -0.15) is 5.10 Å². The molecule has 2 N–H and O–H groups in total. The lowest BCUT2D eigenvalue weighted by molar-refractivity contribution is 0.0954. The van der Waals surface area contributed by atoms with E-state index in [-0.39, 0.29) is 12.0 Å². The summed E-state index contributed by atoms with van der Waals surface area (Å²) in [4.78, 5) is 16.5. The van der Waals surface area contributed by atoms with Crippen molar-refractivity contribution in [1.29, 1.82) is 0 Å². The summed E-state index contributed by atoms with van der Waals surface area (Å²) in [5.41, 5.74) is 1.42. The third-order valence-corrected chi connectivity index (χ3v) is 4.91. The molecule has 4 rings (SSSR count). The first-order chi connectivity index (χ1) is 14.7. The van der Waals surface area contributed by atoms with E-state index in [2.05, 4.69) is 30.9 Å². The number of carbonyl (C=O) groups excluding carboxylic acids is 1. The molecular weight excluding hydrogens is 382 g/mol. The van der Waals surface area contributed by atoms with Crippen molar-refractivity contribution in [3.8, 4) is 11.7 Å². The van der Waals surface area contributed by atoms with Crippen LogP contribution in [0.3, 0.4) is 0 Å². The largest absolute Gasteiger partial charge is 0.474 e. The van der Waals surface area contributed by atoms with Crippen molar-refractivity contribution < 1.29 is 9.53 Å². The van der Waals surface area contributed by atoms with Crippen LogP contribution < -0.4 is 15.4 Å². The minimum Gasteiger partial charge on any atom is -0.474 e. The molecule has 1 amide bonds. The van der Waals surface area contributed by atoms with Gasteiger partial charge in [-0.25, -0.2) is 9.67 Å². The van der Waals surface area contributed by atoms with E-state index >= 15 is 0 Å². The molecule has 1 fully saturated rings. The van der Waals surface area contributed by atoms with Gasteiger partial charge in [0, 0.05) is 31.5 Å². The molecule has 3 aromatic rings. The SMILES string of the molecule is Cc1ccn(-c2ccc(NCCNC(=O)c3ccc(OC4CCCC4)nc3)nn2)n1. The van der Waals surface area contributed by atoms with Crippen LogP contribution in [0.2, 0.25) is 0 Å². The molecule has 1 saturated carbocycles. The number of carbonyl (C=O) groups is 1. The van der Waals surface area contributed by atoms with Crippen LogP contribution in [0.25, 0.3) is 5.82 Å². The fourth-order valence-electron chi connectivity index (χ4n) is 3.31. The van der Waals surface area contributed by atoms with Crippen molar-refractivity contribution in [3.63, 3.8) is 0 Å². The molecule has 3 aromatic heterocycles. The molecule has 0 spiro atoms. The van der Waals surface area contributed by atoms with E-state index < -0.39 is 0 Å². The van der Waals surface area contributed by atoms with Gasteiger partial charge >= 0.3 is 0 Å². The van der Waals surface area contributed by atoms with E-state index in [1.54, 1.807) is 23.0 Å². The Morgan fingerprint density at radius 3 is 2.67 bits per heavy atom. The highest BCUT2D eigenvalue weighted by Crippen LogP contribution is 2.22. The number of pyridine rings is 1. The van der Waals surface area contributed by atoms with Crippen molar-refractivity contribution in [1.82, 2.24) is 30.3 Å². The van der Waals surface area contributed by atoms with Gasteiger partial charge in [0.2, 0.25) is 5.88 Å². The Kier molecular flexibility index (Phi) is 6.17. The number of ether oxygens (including phenoxy) is 1. The Balaban J connectivity index is 1.20. The second-order valence-electron chi connectivity index (χ2n) is 7.27. The maximum atomic E-state index is 12.3. The number of anilines is 1. The van der Waals surface area contributed by atoms with E-state index in [1.165, 1.54) is 12.8 Å². The number of aryl methyl sites for hydroxylation is 1. The fourth-order valence-corrected chi connectivity index (χ4v) is 3.31. The number of nitrogens with zero attached hydrogens (tertiary/aromatic N) is 5. The van der Waals surface area contributed by atoms with Crippen LogP contribution in [0.5, 0.6) is 5.88 Å². The topological polar surface area (TPSA) is 107 Å². The zero-order chi connectivity index (χ0) is 20.8. The summed E-state index contributed by atoms with van der Waals surface area (Å²) < 4.78 is 7.50. The van der Waals surface area contributed by atoms with Gasteiger partial charge < -0.3 is 15.4 Å². The van der Waals surface area contributed by atoms with Crippen LogP contribution in [0.4, 0.5) is 5.82 Å². The molecule has 0 unspecified atom stereocenters. The average Bonchev–Trinajstić information content (AvgIpc) is 3.44. The number of nitrogens with one attached hydrogen (secondary N) is 2. The lowest BCUT2D eigenvalue weighted by atomic mass is 10.2. The summed E-state index contributed by atoms with van der Waals surface area (Å²) in [6.45, 7) is 2.89. The predicted molar refractivity (Wildman–Crippen MR) is 112 cm³/mol. The van der Waals surface area contributed by atoms with Gasteiger partial charge in [0.15, 0.2) is 5.82 Å². The molecule has 9 heteroatoms. The lowest BCUT2D eigenvalue weighted by Gasteiger charge is -2.12. The van der Waals surface area contributed by atoms with E-state index in [4.69, 9.17) is 4.74 Å². The number of hydrogen-bond acceptors (Lipinski definition) is 7. The van der Waals surface area contributed by atoms with Crippen molar-refractivity contribution in [2.24, 2.45) is 0 Å². The number of hydrogen-bond donors (Lipinski definition) is 2. The van der Waals surface area contributed by atoms with Crippen molar-refractivity contribution in [2.75, 3.05) is 18.4 Å². The quantitative estimate of drug-likeness (QED) is 0.553. The minimum absolute atomic E-state index is 0.174. The zero-order valence-electron chi connectivity index (χ0n) is 16.9. The van der Waals surface area contributed by atoms with Crippen molar-refractivity contribution >= 4 is 11.7 Å². The van der Waals surface area contributed by atoms with Crippen LogP contribution in [-0.4, -0.2) is 50.1 Å². The molecule has 3 heterocycles. The normalized spacial score (nSPS) is 13.9. The first-order valence-corrected chi connectivity index (χ1v) is 10.2. The van der Waals surface area contributed by atoms with Crippen LogP contribution in [0.15, 0.2) is 42.7 Å². The second kappa shape index (κ2) is 9.34. The van der Waals surface area contributed by atoms with E-state index in [0.29, 0.717) is 36.2 Å². The molecular formula is C21H25N7O2. The highest BCUT2D eigenvalue weighted by Gasteiger charge is 2.17. The highest BCUT2D eigenvalue weighted by molar-refractivity contribution is 5.93. The summed E-state index contributed by atoms with van der Waals surface area (Å²) in [7, 11) is 0. The third-order valence-electron chi connectivity index (χ3n) is 4.91. The predicted octanol–water partition coefficient (Wildman–Crippen LogP) is 2.53. The Morgan fingerprint density at radius 1 is 1.13 bits per heavy atom. The molecule has 0 radical (unpaired) electrons. The number of rotatable bonds is 8. The van der Waals surface area contributed by atoms with Gasteiger partial charge in [-0.15, -0.1) is 10.2 Å². The number of amides is 1. The van der Waals surface area contributed by atoms with Gasteiger partial charge in [0.25, 0.3) is 5.91 Å². The van der Waals surface area contributed by atoms with Gasteiger partial charge in [0.1, 0.15) is 11.9 Å². The van der Waals surface area contributed by atoms with E-state index in [1.807, 2.05) is 31.3 Å². The summed E-state index contributed by atoms with van der Waals surface area (Å²) in [5.74, 6) is 1.68. The Bertz CT molecular complexity index is 964. The maximum absolute atomic E-state index is 12.3. The van der Waals surface area contributed by atoms with Gasteiger partial charge in [-0.05, 0) is 56.9 Å². The highest BCUT2D eigenvalue weighted by atomic mass is 16.5. The minimum atomic E-state index is -0.174. The zero-order valence-corrected chi connectivity index (χ0v) is 16.9. The van der Waals surface area contributed by atoms with Crippen LogP contribution in [0.1, 0.15) is 41.7 Å². The van der Waals surface area contributed by atoms with Crippen LogP contribution in [0, 0.1) is 6.92 Å². The molecule has 156 valence electrons. The van der Waals surface area contributed by atoms with Gasteiger partial charge in [0.05, 0.1) is 11.3 Å². The Morgan fingerprint density at radius 2 is 2.00 bits per heavy atom. The van der Waals surface area contributed by atoms with Crippen LogP contribution >= 0.6 is 0 Å². The number of aromatic nitrogens is 5. The molecule has 0 bridgehead atoms. The molecule has 0 aliphatic heterocycles. The average molecular weight is 407 g/mol. The maximum Gasteiger partial charge on any atom is 0.252 e. The standard InChI is InChI=1S/C21H25N7O2/c1-15-10-13-28(27-15)19-8-7-18(25-26-19)22-11-12-23-21(29)16-6-9-20(24-14-16)30-17-4-2-3-5-17/h6-10,13-14,17H,2-5,11-12H2,1H3,(H,22,25)(H,23,29). The molecule has 1 aliphatic carbocycles. The smallest absolute Gasteiger partial charge is 0.252 e. The Hall–Kier alpha value is -3.49.